The van der Waals surface area contributed by atoms with Gasteiger partial charge in [0.1, 0.15) is 5.82 Å². The van der Waals surface area contributed by atoms with Crippen LogP contribution in [0.3, 0.4) is 0 Å². The van der Waals surface area contributed by atoms with Crippen molar-refractivity contribution in [2.45, 2.75) is 20.4 Å². The van der Waals surface area contributed by atoms with Gasteiger partial charge in [-0.25, -0.2) is 4.68 Å². The molecular formula is C13H15N3O. The second kappa shape index (κ2) is 4.82. The summed E-state index contributed by atoms with van der Waals surface area (Å²) in [7, 11) is 0. The maximum atomic E-state index is 12.0. The summed E-state index contributed by atoms with van der Waals surface area (Å²) in [5, 5.41) is 6.95. The number of carbonyl (C=O) groups is 1. The number of benzene rings is 1. The molecule has 0 aliphatic heterocycles. The van der Waals surface area contributed by atoms with Crippen LogP contribution in [0, 0.1) is 6.92 Å². The van der Waals surface area contributed by atoms with Crippen LogP contribution in [-0.2, 0) is 6.54 Å². The van der Waals surface area contributed by atoms with Gasteiger partial charge in [-0.3, -0.25) is 4.79 Å². The highest BCUT2D eigenvalue weighted by atomic mass is 16.1. The molecule has 1 aromatic carbocycles. The largest absolute Gasteiger partial charge is 0.307 e. The molecule has 88 valence electrons. The number of hydrogen-bond acceptors (Lipinski definition) is 2. The summed E-state index contributed by atoms with van der Waals surface area (Å²) in [6.45, 7) is 4.68. The van der Waals surface area contributed by atoms with Gasteiger partial charge in [-0.1, -0.05) is 17.7 Å². The molecule has 0 radical (unpaired) electrons. The van der Waals surface area contributed by atoms with Crippen molar-refractivity contribution in [3.63, 3.8) is 0 Å². The van der Waals surface area contributed by atoms with Gasteiger partial charge in [0.25, 0.3) is 5.91 Å². The van der Waals surface area contributed by atoms with E-state index in [9.17, 15) is 4.79 Å². The Balaban J connectivity index is 2.17. The van der Waals surface area contributed by atoms with Gasteiger partial charge in [0.15, 0.2) is 0 Å². The number of nitrogens with zero attached hydrogens (tertiary/aromatic N) is 2. The predicted molar refractivity (Wildman–Crippen MR) is 67.0 cm³/mol. The molecule has 4 nitrogen and oxygen atoms in total. The summed E-state index contributed by atoms with van der Waals surface area (Å²) in [4.78, 5) is 12.0. The Hall–Kier alpha value is -2.10. The number of aryl methyl sites for hydroxylation is 2. The predicted octanol–water partition coefficient (Wildman–Crippen LogP) is 2.46. The van der Waals surface area contributed by atoms with Gasteiger partial charge in [-0.15, -0.1) is 0 Å². The molecule has 1 N–H and O–H groups in total. The van der Waals surface area contributed by atoms with Crippen molar-refractivity contribution in [3.05, 3.63) is 47.7 Å². The fourth-order valence-electron chi connectivity index (χ4n) is 1.67. The van der Waals surface area contributed by atoms with Gasteiger partial charge in [0, 0.05) is 18.2 Å². The van der Waals surface area contributed by atoms with Crippen LogP contribution in [0.15, 0.2) is 36.5 Å². The van der Waals surface area contributed by atoms with E-state index in [4.69, 9.17) is 0 Å². The number of rotatable bonds is 3. The zero-order valence-electron chi connectivity index (χ0n) is 9.97. The molecule has 0 spiro atoms. The normalized spacial score (nSPS) is 10.2. The molecule has 0 aliphatic carbocycles. The minimum atomic E-state index is -0.107. The van der Waals surface area contributed by atoms with Gasteiger partial charge in [0.2, 0.25) is 0 Å². The minimum absolute atomic E-state index is 0.107. The molecule has 0 atom stereocenters. The van der Waals surface area contributed by atoms with E-state index in [1.165, 1.54) is 0 Å². The Morgan fingerprint density at radius 3 is 2.94 bits per heavy atom. The highest BCUT2D eigenvalue weighted by Gasteiger charge is 2.08. The van der Waals surface area contributed by atoms with Crippen molar-refractivity contribution in [3.8, 4) is 0 Å². The van der Waals surface area contributed by atoms with E-state index in [0.717, 1.165) is 17.9 Å². The van der Waals surface area contributed by atoms with E-state index in [1.807, 2.05) is 32.0 Å². The van der Waals surface area contributed by atoms with Crippen LogP contribution in [0.2, 0.25) is 0 Å². The van der Waals surface area contributed by atoms with Crippen molar-refractivity contribution < 1.29 is 4.79 Å². The standard InChI is InChI=1S/C13H15N3O/c1-3-16-12(7-8-14-16)15-13(17)11-6-4-5-10(2)9-11/h4-9H,3H2,1-2H3,(H,15,17). The molecule has 1 aromatic heterocycles. The molecule has 0 fully saturated rings. The number of anilines is 1. The fraction of sp³-hybridized carbons (Fsp3) is 0.231. The third-order valence-electron chi connectivity index (χ3n) is 2.54. The Morgan fingerprint density at radius 1 is 1.41 bits per heavy atom. The van der Waals surface area contributed by atoms with E-state index in [0.29, 0.717) is 5.56 Å². The Bertz CT molecular complexity index is 531. The third-order valence-corrected chi connectivity index (χ3v) is 2.54. The van der Waals surface area contributed by atoms with Crippen LogP contribution >= 0.6 is 0 Å². The van der Waals surface area contributed by atoms with E-state index < -0.39 is 0 Å². The maximum absolute atomic E-state index is 12.0. The molecule has 4 heteroatoms. The smallest absolute Gasteiger partial charge is 0.256 e. The first kappa shape index (κ1) is 11.4. The molecule has 1 heterocycles. The Morgan fingerprint density at radius 2 is 2.24 bits per heavy atom. The lowest BCUT2D eigenvalue weighted by atomic mass is 10.1. The van der Waals surface area contributed by atoms with Gasteiger partial charge >= 0.3 is 0 Å². The van der Waals surface area contributed by atoms with Crippen molar-refractivity contribution in [1.82, 2.24) is 9.78 Å². The highest BCUT2D eigenvalue weighted by Crippen LogP contribution is 2.10. The third kappa shape index (κ3) is 2.53. The molecule has 2 rings (SSSR count). The fourth-order valence-corrected chi connectivity index (χ4v) is 1.67. The van der Waals surface area contributed by atoms with Crippen molar-refractivity contribution in [2.75, 3.05) is 5.32 Å². The number of aromatic nitrogens is 2. The van der Waals surface area contributed by atoms with Gasteiger partial charge < -0.3 is 5.32 Å². The van der Waals surface area contributed by atoms with E-state index in [-0.39, 0.29) is 5.91 Å². The van der Waals surface area contributed by atoms with Crippen molar-refractivity contribution >= 4 is 11.7 Å². The van der Waals surface area contributed by atoms with Crippen LogP contribution in [-0.4, -0.2) is 15.7 Å². The van der Waals surface area contributed by atoms with Crippen LogP contribution < -0.4 is 5.32 Å². The number of hydrogen-bond donors (Lipinski definition) is 1. The molecule has 0 aliphatic rings. The van der Waals surface area contributed by atoms with Gasteiger partial charge in [-0.05, 0) is 26.0 Å². The topological polar surface area (TPSA) is 46.9 Å². The first-order chi connectivity index (χ1) is 8.20. The molecule has 2 aromatic rings. The molecule has 17 heavy (non-hydrogen) atoms. The Labute approximate surface area is 100 Å². The zero-order valence-corrected chi connectivity index (χ0v) is 9.97. The van der Waals surface area contributed by atoms with Gasteiger partial charge in [0.05, 0.1) is 6.20 Å². The summed E-state index contributed by atoms with van der Waals surface area (Å²) in [6, 6.07) is 9.29. The number of carbonyl (C=O) groups excluding carboxylic acids is 1. The first-order valence-corrected chi connectivity index (χ1v) is 5.60. The number of amides is 1. The summed E-state index contributed by atoms with van der Waals surface area (Å²) in [5.41, 5.74) is 1.73. The summed E-state index contributed by atoms with van der Waals surface area (Å²) in [6.07, 6.45) is 1.68. The van der Waals surface area contributed by atoms with Crippen molar-refractivity contribution in [2.24, 2.45) is 0 Å². The molecule has 0 saturated carbocycles. The lowest BCUT2D eigenvalue weighted by molar-refractivity contribution is 0.102. The monoisotopic (exact) mass is 229 g/mol. The average Bonchev–Trinajstić information content (AvgIpc) is 2.76. The zero-order chi connectivity index (χ0) is 12.3. The summed E-state index contributed by atoms with van der Waals surface area (Å²) >= 11 is 0. The lowest BCUT2D eigenvalue weighted by Gasteiger charge is -2.07. The molecule has 0 bridgehead atoms. The van der Waals surface area contributed by atoms with Gasteiger partial charge in [-0.2, -0.15) is 5.10 Å². The average molecular weight is 229 g/mol. The first-order valence-electron chi connectivity index (χ1n) is 5.60. The van der Waals surface area contributed by atoms with Crippen LogP contribution in [0.4, 0.5) is 5.82 Å². The lowest BCUT2D eigenvalue weighted by Crippen LogP contribution is -2.15. The van der Waals surface area contributed by atoms with E-state index in [2.05, 4.69) is 10.4 Å². The number of nitrogens with one attached hydrogen (secondary N) is 1. The second-order valence-corrected chi connectivity index (χ2v) is 3.86. The molecule has 1 amide bonds. The molecule has 0 unspecified atom stereocenters. The highest BCUT2D eigenvalue weighted by molar-refractivity contribution is 6.03. The van der Waals surface area contributed by atoms with Crippen molar-refractivity contribution in [1.29, 1.82) is 0 Å². The second-order valence-electron chi connectivity index (χ2n) is 3.86. The van der Waals surface area contributed by atoms with E-state index >= 15 is 0 Å². The molecule has 0 saturated heterocycles. The van der Waals surface area contributed by atoms with Crippen LogP contribution in [0.5, 0.6) is 0 Å². The Kier molecular flexibility index (Phi) is 3.23. The summed E-state index contributed by atoms with van der Waals surface area (Å²) < 4.78 is 1.74. The van der Waals surface area contributed by atoms with Crippen LogP contribution in [0.25, 0.3) is 0 Å². The SMILES string of the molecule is CCn1nccc1NC(=O)c1cccc(C)c1. The quantitative estimate of drug-likeness (QED) is 0.878. The van der Waals surface area contributed by atoms with E-state index in [1.54, 1.807) is 23.0 Å². The van der Waals surface area contributed by atoms with Crippen LogP contribution in [0.1, 0.15) is 22.8 Å². The summed E-state index contributed by atoms with van der Waals surface area (Å²) in [5.74, 6) is 0.614. The maximum Gasteiger partial charge on any atom is 0.256 e. The minimum Gasteiger partial charge on any atom is -0.307 e. The molecular weight excluding hydrogens is 214 g/mol.